The van der Waals surface area contributed by atoms with Crippen molar-refractivity contribution >= 4 is 18.3 Å². The average molecular weight is 285 g/mol. The lowest BCUT2D eigenvalue weighted by molar-refractivity contribution is 0.0743. The number of benzene rings is 1. The van der Waals surface area contributed by atoms with Gasteiger partial charge in [0.05, 0.1) is 0 Å². The van der Waals surface area contributed by atoms with Crippen molar-refractivity contribution in [3.05, 3.63) is 23.8 Å². The summed E-state index contributed by atoms with van der Waals surface area (Å²) in [5.74, 6) is 1.39. The first-order valence-corrected chi connectivity index (χ1v) is 6.13. The maximum Gasteiger partial charge on any atom is 0.254 e. The predicted molar refractivity (Wildman–Crippen MR) is 73.2 cm³/mol. The molecule has 1 atom stereocenters. The monoisotopic (exact) mass is 284 g/mol. The topological polar surface area (TPSA) is 50.8 Å². The van der Waals surface area contributed by atoms with Crippen molar-refractivity contribution in [1.82, 2.24) is 10.2 Å². The second-order valence-electron chi connectivity index (χ2n) is 4.63. The van der Waals surface area contributed by atoms with Gasteiger partial charge in [0.1, 0.15) is 0 Å². The van der Waals surface area contributed by atoms with Gasteiger partial charge in [-0.15, -0.1) is 12.4 Å². The maximum atomic E-state index is 12.3. The molecule has 1 fully saturated rings. The molecular weight excluding hydrogens is 268 g/mol. The van der Waals surface area contributed by atoms with E-state index in [1.54, 1.807) is 23.1 Å². The van der Waals surface area contributed by atoms with Crippen LogP contribution >= 0.6 is 12.4 Å². The Hall–Kier alpha value is -1.46. The van der Waals surface area contributed by atoms with Gasteiger partial charge >= 0.3 is 0 Å². The van der Waals surface area contributed by atoms with E-state index in [0.717, 1.165) is 19.5 Å². The lowest BCUT2D eigenvalue weighted by Crippen LogP contribution is -2.38. The Morgan fingerprint density at radius 3 is 2.89 bits per heavy atom. The third kappa shape index (κ3) is 2.62. The van der Waals surface area contributed by atoms with Gasteiger partial charge < -0.3 is 19.7 Å². The van der Waals surface area contributed by atoms with Gasteiger partial charge in [-0.05, 0) is 31.2 Å². The highest BCUT2D eigenvalue weighted by molar-refractivity contribution is 5.95. The van der Waals surface area contributed by atoms with Crippen LogP contribution in [0.25, 0.3) is 0 Å². The zero-order valence-electron chi connectivity index (χ0n) is 10.7. The zero-order valence-corrected chi connectivity index (χ0v) is 11.5. The molecule has 1 aromatic carbocycles. The molecule has 0 saturated carbocycles. The van der Waals surface area contributed by atoms with Crippen LogP contribution in [0.5, 0.6) is 11.5 Å². The molecule has 1 aromatic rings. The molecule has 3 rings (SSSR count). The van der Waals surface area contributed by atoms with E-state index >= 15 is 0 Å². The predicted octanol–water partition coefficient (Wildman–Crippen LogP) is 1.27. The molecule has 0 aliphatic carbocycles. The van der Waals surface area contributed by atoms with Gasteiger partial charge in [-0.1, -0.05) is 0 Å². The minimum Gasteiger partial charge on any atom is -0.454 e. The van der Waals surface area contributed by atoms with Crippen LogP contribution < -0.4 is 14.8 Å². The first-order valence-electron chi connectivity index (χ1n) is 6.13. The fourth-order valence-corrected chi connectivity index (χ4v) is 2.37. The van der Waals surface area contributed by atoms with Gasteiger partial charge in [0, 0.05) is 25.2 Å². The number of nitrogens with zero attached hydrogens (tertiary/aromatic N) is 1. The van der Waals surface area contributed by atoms with Crippen molar-refractivity contribution in [3.8, 4) is 11.5 Å². The summed E-state index contributed by atoms with van der Waals surface area (Å²) in [5, 5.41) is 3.26. The lowest BCUT2D eigenvalue weighted by Gasteiger charge is -2.23. The smallest absolute Gasteiger partial charge is 0.254 e. The largest absolute Gasteiger partial charge is 0.454 e. The summed E-state index contributed by atoms with van der Waals surface area (Å²) >= 11 is 0. The standard InChI is InChI=1S/C13H16N2O3.ClH/c1-15(10-4-5-14-7-10)13(16)9-2-3-11-12(6-9)18-8-17-11;/h2-3,6,10,14H,4-5,7-8H2,1H3;1H/t10-;/m0./s1. The van der Waals surface area contributed by atoms with Gasteiger partial charge in [0.25, 0.3) is 5.91 Å². The molecule has 0 spiro atoms. The number of amides is 1. The molecule has 0 bridgehead atoms. The van der Waals surface area contributed by atoms with Crippen molar-refractivity contribution < 1.29 is 14.3 Å². The highest BCUT2D eigenvalue weighted by atomic mass is 35.5. The Morgan fingerprint density at radius 1 is 1.37 bits per heavy atom. The van der Waals surface area contributed by atoms with Crippen molar-refractivity contribution in [1.29, 1.82) is 0 Å². The second kappa shape index (κ2) is 5.67. The summed E-state index contributed by atoms with van der Waals surface area (Å²) in [6, 6.07) is 5.61. The molecule has 104 valence electrons. The molecule has 2 aliphatic rings. The first-order chi connectivity index (χ1) is 8.75. The lowest BCUT2D eigenvalue weighted by atomic mass is 10.1. The first kappa shape index (κ1) is 14.0. The highest BCUT2D eigenvalue weighted by Gasteiger charge is 2.25. The van der Waals surface area contributed by atoms with E-state index in [2.05, 4.69) is 5.32 Å². The average Bonchev–Trinajstić information content (AvgIpc) is 3.06. The van der Waals surface area contributed by atoms with Gasteiger partial charge in [-0.3, -0.25) is 4.79 Å². The van der Waals surface area contributed by atoms with E-state index in [0.29, 0.717) is 17.1 Å². The summed E-state index contributed by atoms with van der Waals surface area (Å²) in [6.07, 6.45) is 1.01. The van der Waals surface area contributed by atoms with Crippen molar-refractivity contribution in [2.75, 3.05) is 26.9 Å². The normalized spacial score (nSPS) is 19.9. The minimum atomic E-state index is 0. The highest BCUT2D eigenvalue weighted by Crippen LogP contribution is 2.32. The molecule has 0 unspecified atom stereocenters. The van der Waals surface area contributed by atoms with Crippen LogP contribution in [0.3, 0.4) is 0 Å². The molecule has 0 aromatic heterocycles. The van der Waals surface area contributed by atoms with Gasteiger partial charge in [-0.25, -0.2) is 0 Å². The van der Waals surface area contributed by atoms with E-state index in [1.165, 1.54) is 0 Å². The number of likely N-dealkylation sites (N-methyl/N-ethyl adjacent to an activating group) is 1. The number of hydrogen-bond acceptors (Lipinski definition) is 4. The van der Waals surface area contributed by atoms with Crippen molar-refractivity contribution in [2.45, 2.75) is 12.5 Å². The van der Waals surface area contributed by atoms with Crippen molar-refractivity contribution in [3.63, 3.8) is 0 Å². The summed E-state index contributed by atoms with van der Waals surface area (Å²) in [6.45, 7) is 2.07. The Kier molecular flexibility index (Phi) is 4.17. The van der Waals surface area contributed by atoms with Crippen LogP contribution in [0.2, 0.25) is 0 Å². The quantitative estimate of drug-likeness (QED) is 0.889. The van der Waals surface area contributed by atoms with Gasteiger partial charge in [0.15, 0.2) is 11.5 Å². The van der Waals surface area contributed by atoms with Crippen LogP contribution in [0, 0.1) is 0 Å². The SMILES string of the molecule is CN(C(=O)c1ccc2c(c1)OCO2)[C@H]1CCNC1.Cl. The molecular formula is C13H17ClN2O3. The maximum absolute atomic E-state index is 12.3. The summed E-state index contributed by atoms with van der Waals surface area (Å²) in [4.78, 5) is 14.1. The summed E-state index contributed by atoms with van der Waals surface area (Å²) < 4.78 is 10.5. The number of nitrogens with one attached hydrogen (secondary N) is 1. The van der Waals surface area contributed by atoms with E-state index in [1.807, 2.05) is 7.05 Å². The molecule has 1 saturated heterocycles. The third-order valence-electron chi connectivity index (χ3n) is 3.52. The van der Waals surface area contributed by atoms with Crippen LogP contribution in [-0.4, -0.2) is 43.8 Å². The van der Waals surface area contributed by atoms with Crippen LogP contribution in [0.15, 0.2) is 18.2 Å². The number of carbonyl (C=O) groups excluding carboxylic acids is 1. The van der Waals surface area contributed by atoms with Crippen LogP contribution in [-0.2, 0) is 0 Å². The number of ether oxygens (including phenoxy) is 2. The number of fused-ring (bicyclic) bond motifs is 1. The minimum absolute atomic E-state index is 0. The fourth-order valence-electron chi connectivity index (χ4n) is 2.37. The van der Waals surface area contributed by atoms with Gasteiger partial charge in [0.2, 0.25) is 6.79 Å². The molecule has 6 heteroatoms. The number of rotatable bonds is 2. The number of halogens is 1. The third-order valence-corrected chi connectivity index (χ3v) is 3.52. The second-order valence-corrected chi connectivity index (χ2v) is 4.63. The zero-order chi connectivity index (χ0) is 12.5. The molecule has 1 amide bonds. The van der Waals surface area contributed by atoms with E-state index in [9.17, 15) is 4.79 Å². The van der Waals surface area contributed by atoms with E-state index in [-0.39, 0.29) is 31.1 Å². The molecule has 19 heavy (non-hydrogen) atoms. The summed E-state index contributed by atoms with van der Waals surface area (Å²) in [7, 11) is 1.85. The fraction of sp³-hybridized carbons (Fsp3) is 0.462. The Labute approximate surface area is 118 Å². The Morgan fingerprint density at radius 2 is 2.16 bits per heavy atom. The molecule has 2 aliphatic heterocycles. The molecule has 2 heterocycles. The molecule has 5 nitrogen and oxygen atoms in total. The number of hydrogen-bond donors (Lipinski definition) is 1. The Bertz CT molecular complexity index is 475. The van der Waals surface area contributed by atoms with E-state index < -0.39 is 0 Å². The number of carbonyl (C=O) groups is 1. The van der Waals surface area contributed by atoms with Crippen molar-refractivity contribution in [2.24, 2.45) is 0 Å². The van der Waals surface area contributed by atoms with Crippen LogP contribution in [0.4, 0.5) is 0 Å². The van der Waals surface area contributed by atoms with E-state index in [4.69, 9.17) is 9.47 Å². The van der Waals surface area contributed by atoms with Gasteiger partial charge in [-0.2, -0.15) is 0 Å². The molecule has 0 radical (unpaired) electrons. The van der Waals surface area contributed by atoms with Crippen LogP contribution in [0.1, 0.15) is 16.8 Å². The Balaban J connectivity index is 0.00000133. The summed E-state index contributed by atoms with van der Waals surface area (Å²) in [5.41, 5.74) is 0.647. The molecule has 1 N–H and O–H groups in total.